The lowest BCUT2D eigenvalue weighted by atomic mass is 9.85. The van der Waals surface area contributed by atoms with E-state index in [1.807, 2.05) is 0 Å². The van der Waals surface area contributed by atoms with Gasteiger partial charge in [-0.2, -0.15) is 0 Å². The summed E-state index contributed by atoms with van der Waals surface area (Å²) in [5.41, 5.74) is -3.69. The monoisotopic (exact) mass is 406 g/mol. The highest BCUT2D eigenvalue weighted by molar-refractivity contribution is 6.08. The molecule has 0 heterocycles. The number of rotatable bonds is 9. The zero-order chi connectivity index (χ0) is 21.5. The van der Waals surface area contributed by atoms with Gasteiger partial charge in [-0.25, -0.2) is 9.59 Å². The number of hydrogen-bond acceptors (Lipinski definition) is 7. The predicted octanol–water partition coefficient (Wildman–Crippen LogP) is 2.28. The maximum absolute atomic E-state index is 13.0. The van der Waals surface area contributed by atoms with Crippen molar-refractivity contribution in [1.82, 2.24) is 0 Å². The van der Waals surface area contributed by atoms with Crippen LogP contribution in [-0.2, 0) is 39.8 Å². The molecular weight excluding hydrogens is 380 g/mol. The van der Waals surface area contributed by atoms with Crippen LogP contribution in [0.5, 0.6) is 0 Å². The molecule has 0 aromatic heterocycles. The molecule has 0 atom stereocenters. The molecule has 1 N–H and O–H groups in total. The Morgan fingerprint density at radius 3 is 1.93 bits per heavy atom. The second-order valence-corrected chi connectivity index (χ2v) is 6.91. The second-order valence-electron chi connectivity index (χ2n) is 6.91. The van der Waals surface area contributed by atoms with Crippen molar-refractivity contribution in [3.05, 3.63) is 35.9 Å². The Hall–Kier alpha value is -2.90. The van der Waals surface area contributed by atoms with E-state index in [9.17, 15) is 24.3 Å². The first-order valence-corrected chi connectivity index (χ1v) is 9.67. The Bertz CT molecular complexity index is 731. The number of carboxylic acids is 1. The Balaban J connectivity index is 2.50. The maximum Gasteiger partial charge on any atom is 0.362 e. The van der Waals surface area contributed by atoms with Crippen LogP contribution >= 0.6 is 0 Å². The van der Waals surface area contributed by atoms with Crippen molar-refractivity contribution in [3.8, 4) is 0 Å². The van der Waals surface area contributed by atoms with Crippen molar-refractivity contribution in [2.75, 3.05) is 13.2 Å². The normalized spacial score (nSPS) is 15.4. The lowest BCUT2D eigenvalue weighted by molar-refractivity contribution is -0.203. The Kier molecular flexibility index (Phi) is 7.36. The molecule has 8 nitrogen and oxygen atoms in total. The summed E-state index contributed by atoms with van der Waals surface area (Å²) in [6.45, 7) is 2.98. The standard InChI is InChI=1S/C21H26O8/c1-3-27-18(25)21(19(26)28-4-2,14-15-10-6-5-7-11-15)29-17(24)20(16(22)23)12-8-9-13-20/h5-7,10-11H,3-4,8-9,12-14H2,1-2H3,(H,22,23). The smallest absolute Gasteiger partial charge is 0.362 e. The SMILES string of the molecule is CCOC(=O)C(Cc1ccccc1)(OC(=O)C1(C(=O)O)CCCC1)C(=O)OCC. The average Bonchev–Trinajstić information content (AvgIpc) is 3.20. The Morgan fingerprint density at radius 2 is 1.48 bits per heavy atom. The van der Waals surface area contributed by atoms with Crippen molar-refractivity contribution in [3.63, 3.8) is 0 Å². The van der Waals surface area contributed by atoms with Gasteiger partial charge in [-0.05, 0) is 32.3 Å². The second kappa shape index (κ2) is 9.54. The van der Waals surface area contributed by atoms with Crippen LogP contribution in [0, 0.1) is 5.41 Å². The third-order valence-corrected chi connectivity index (χ3v) is 5.03. The van der Waals surface area contributed by atoms with E-state index >= 15 is 0 Å². The van der Waals surface area contributed by atoms with Crippen molar-refractivity contribution in [2.45, 2.75) is 51.6 Å². The van der Waals surface area contributed by atoms with E-state index in [1.165, 1.54) is 0 Å². The summed E-state index contributed by atoms with van der Waals surface area (Å²) in [4.78, 5) is 50.6. The molecule has 1 aliphatic rings. The fourth-order valence-corrected chi connectivity index (χ4v) is 3.47. The maximum atomic E-state index is 13.0. The molecule has 1 aliphatic carbocycles. The zero-order valence-electron chi connectivity index (χ0n) is 16.6. The van der Waals surface area contributed by atoms with E-state index in [0.717, 1.165) is 0 Å². The topological polar surface area (TPSA) is 116 Å². The highest BCUT2D eigenvalue weighted by Gasteiger charge is 2.58. The van der Waals surface area contributed by atoms with Gasteiger partial charge < -0.3 is 19.3 Å². The first-order valence-electron chi connectivity index (χ1n) is 9.67. The van der Waals surface area contributed by atoms with Gasteiger partial charge in [0.05, 0.1) is 13.2 Å². The highest BCUT2D eigenvalue weighted by atomic mass is 16.6. The van der Waals surface area contributed by atoms with Gasteiger partial charge in [-0.15, -0.1) is 0 Å². The van der Waals surface area contributed by atoms with Gasteiger partial charge >= 0.3 is 29.5 Å². The first-order chi connectivity index (χ1) is 13.8. The molecule has 1 aromatic rings. The molecule has 0 bridgehead atoms. The summed E-state index contributed by atoms with van der Waals surface area (Å²) >= 11 is 0. The number of ether oxygens (including phenoxy) is 3. The largest absolute Gasteiger partial charge is 0.480 e. The summed E-state index contributed by atoms with van der Waals surface area (Å²) in [6, 6.07) is 8.47. The van der Waals surface area contributed by atoms with Crippen molar-refractivity contribution >= 4 is 23.9 Å². The molecular formula is C21H26O8. The summed E-state index contributed by atoms with van der Waals surface area (Å²) in [5.74, 6) is -4.63. The summed E-state index contributed by atoms with van der Waals surface area (Å²) in [7, 11) is 0. The fourth-order valence-electron chi connectivity index (χ4n) is 3.47. The molecule has 0 saturated heterocycles. The molecule has 1 fully saturated rings. The van der Waals surface area contributed by atoms with Gasteiger partial charge in [0.2, 0.25) is 0 Å². The van der Waals surface area contributed by atoms with Crippen molar-refractivity contribution in [1.29, 1.82) is 0 Å². The molecule has 29 heavy (non-hydrogen) atoms. The molecule has 0 radical (unpaired) electrons. The van der Waals surface area contributed by atoms with Crippen LogP contribution in [0.1, 0.15) is 45.1 Å². The van der Waals surface area contributed by atoms with Gasteiger partial charge in [0.25, 0.3) is 0 Å². The van der Waals surface area contributed by atoms with Crippen LogP contribution in [0.25, 0.3) is 0 Å². The van der Waals surface area contributed by atoms with Crippen LogP contribution in [-0.4, -0.2) is 47.8 Å². The molecule has 2 rings (SSSR count). The van der Waals surface area contributed by atoms with Gasteiger partial charge in [-0.1, -0.05) is 43.2 Å². The van der Waals surface area contributed by atoms with Crippen LogP contribution in [0.2, 0.25) is 0 Å². The van der Waals surface area contributed by atoms with Crippen LogP contribution in [0.3, 0.4) is 0 Å². The molecule has 8 heteroatoms. The highest BCUT2D eigenvalue weighted by Crippen LogP contribution is 2.41. The number of carbonyl (C=O) groups is 4. The number of carbonyl (C=O) groups excluding carboxylic acids is 3. The first kappa shape index (κ1) is 22.4. The van der Waals surface area contributed by atoms with E-state index in [2.05, 4.69) is 0 Å². The van der Waals surface area contributed by atoms with Crippen LogP contribution < -0.4 is 0 Å². The van der Waals surface area contributed by atoms with E-state index < -0.39 is 34.9 Å². The lowest BCUT2D eigenvalue weighted by Crippen LogP contribution is -2.56. The lowest BCUT2D eigenvalue weighted by Gasteiger charge is -2.32. The third kappa shape index (κ3) is 4.58. The fraction of sp³-hybridized carbons (Fsp3) is 0.524. The van der Waals surface area contributed by atoms with Crippen LogP contribution in [0.15, 0.2) is 30.3 Å². The minimum Gasteiger partial charge on any atom is -0.480 e. The molecule has 0 unspecified atom stereocenters. The predicted molar refractivity (Wildman–Crippen MR) is 101 cm³/mol. The minimum atomic E-state index is -2.42. The van der Waals surface area contributed by atoms with Gasteiger partial charge in [0.1, 0.15) is 0 Å². The van der Waals surface area contributed by atoms with E-state index in [4.69, 9.17) is 14.2 Å². The number of esters is 3. The van der Waals surface area contributed by atoms with Gasteiger partial charge in [0.15, 0.2) is 5.41 Å². The molecule has 0 amide bonds. The van der Waals surface area contributed by atoms with E-state index in [0.29, 0.717) is 18.4 Å². The molecule has 0 aliphatic heterocycles. The minimum absolute atomic E-state index is 0.0591. The summed E-state index contributed by atoms with van der Waals surface area (Å²) in [6.07, 6.45) is 0.896. The number of benzene rings is 1. The molecule has 158 valence electrons. The van der Waals surface area contributed by atoms with Gasteiger partial charge in [-0.3, -0.25) is 9.59 Å². The Morgan fingerprint density at radius 1 is 0.966 bits per heavy atom. The van der Waals surface area contributed by atoms with Crippen LogP contribution in [0.4, 0.5) is 0 Å². The zero-order valence-corrected chi connectivity index (χ0v) is 16.6. The number of aliphatic carboxylic acids is 1. The summed E-state index contributed by atoms with van der Waals surface area (Å²) in [5, 5.41) is 9.67. The van der Waals surface area contributed by atoms with E-state index in [-0.39, 0.29) is 32.5 Å². The Labute approximate surface area is 169 Å². The third-order valence-electron chi connectivity index (χ3n) is 5.03. The van der Waals surface area contributed by atoms with E-state index in [1.54, 1.807) is 44.2 Å². The summed E-state index contributed by atoms with van der Waals surface area (Å²) < 4.78 is 15.5. The quantitative estimate of drug-likeness (QED) is 0.377. The number of hydrogen-bond donors (Lipinski definition) is 1. The van der Waals surface area contributed by atoms with Crippen molar-refractivity contribution < 1.29 is 38.5 Å². The molecule has 1 aromatic carbocycles. The number of carboxylic acid groups (broad SMARTS) is 1. The average molecular weight is 406 g/mol. The van der Waals surface area contributed by atoms with Crippen molar-refractivity contribution in [2.24, 2.45) is 5.41 Å². The molecule has 0 spiro atoms. The van der Waals surface area contributed by atoms with Gasteiger partial charge in [0, 0.05) is 6.42 Å². The molecule has 1 saturated carbocycles.